The monoisotopic (exact) mass is 599 g/mol. The first-order valence-electron chi connectivity index (χ1n) is 15.4. The minimum absolute atomic E-state index is 0.00347. The van der Waals surface area contributed by atoms with Gasteiger partial charge in [-0.3, -0.25) is 9.59 Å². The van der Waals surface area contributed by atoms with Crippen LogP contribution in [0.2, 0.25) is 0 Å². The first-order valence-corrected chi connectivity index (χ1v) is 15.4. The normalized spacial score (nSPS) is 19.2. The molecule has 3 N–H and O–H groups in total. The molecule has 1 spiro atoms. The highest BCUT2D eigenvalue weighted by Gasteiger charge is 2.64. The van der Waals surface area contributed by atoms with Gasteiger partial charge in [-0.05, 0) is 75.9 Å². The fraction of sp³-hybridized carbons (Fsp3) is 0.400. The largest absolute Gasteiger partial charge is 0.617 e. The summed E-state index contributed by atoms with van der Waals surface area (Å²) in [5, 5.41) is 5.73. The number of rotatable bonds is 7. The molecule has 2 aliphatic rings. The van der Waals surface area contributed by atoms with E-state index in [0.29, 0.717) is 17.0 Å². The molecule has 44 heavy (non-hydrogen) atoms. The number of hydrogen-bond acceptors (Lipinski definition) is 5. The molecular weight excluding hydrogens is 553 g/mol. The molecule has 1 saturated heterocycles. The van der Waals surface area contributed by atoms with E-state index < -0.39 is 24.1 Å². The zero-order chi connectivity index (χ0) is 32.1. The summed E-state index contributed by atoms with van der Waals surface area (Å²) in [6.45, 7) is 14.6. The Morgan fingerprint density at radius 2 is 1.11 bits per heavy atom. The molecule has 0 saturated carbocycles. The second kappa shape index (κ2) is 13.4. The predicted molar refractivity (Wildman–Crippen MR) is 174 cm³/mol. The van der Waals surface area contributed by atoms with Crippen molar-refractivity contribution < 1.29 is 28.5 Å². The van der Waals surface area contributed by atoms with Gasteiger partial charge in [0.2, 0.25) is 0 Å². The van der Waals surface area contributed by atoms with Crippen molar-refractivity contribution in [2.75, 3.05) is 0 Å². The Labute approximate surface area is 261 Å². The molecule has 1 fully saturated rings. The van der Waals surface area contributed by atoms with Gasteiger partial charge in [-0.25, -0.2) is 4.99 Å². The number of hydrogen-bond donors (Lipinski definition) is 3. The number of nitrogens with one attached hydrogen (secondary N) is 3. The molecule has 0 bridgehead atoms. The maximum atomic E-state index is 12.2. The fourth-order valence-corrected chi connectivity index (χ4v) is 5.23. The second-order valence-electron chi connectivity index (χ2n) is 13.1. The van der Waals surface area contributed by atoms with Crippen LogP contribution < -0.4 is 15.6 Å². The van der Waals surface area contributed by atoms with E-state index in [0.717, 1.165) is 11.5 Å². The van der Waals surface area contributed by atoms with E-state index in [9.17, 15) is 9.59 Å². The average molecular weight is 600 g/mol. The first-order chi connectivity index (χ1) is 20.7. The van der Waals surface area contributed by atoms with Crippen molar-refractivity contribution >= 4 is 24.5 Å². The lowest BCUT2D eigenvalue weighted by atomic mass is 9.64. The minimum atomic E-state index is -1.86. The number of carbonyl (C=O) groups excluding carboxylic acids is 2. The second-order valence-corrected chi connectivity index (χ2v) is 13.1. The zero-order valence-electron chi connectivity index (χ0n) is 27.1. The van der Waals surface area contributed by atoms with Gasteiger partial charge in [0, 0.05) is 22.3 Å². The molecule has 0 unspecified atom stereocenters. The highest BCUT2D eigenvalue weighted by atomic mass is 16.8. The van der Waals surface area contributed by atoms with Crippen LogP contribution in [0.15, 0.2) is 91.0 Å². The van der Waals surface area contributed by atoms with Gasteiger partial charge in [0.15, 0.2) is 0 Å². The van der Waals surface area contributed by atoms with Crippen LogP contribution in [0, 0.1) is 11.8 Å². The van der Waals surface area contributed by atoms with Crippen molar-refractivity contribution in [3.63, 3.8) is 0 Å². The predicted octanol–water partition coefficient (Wildman–Crippen LogP) is 4.48. The Hall–Kier alpha value is -3.95. The summed E-state index contributed by atoms with van der Waals surface area (Å²) < 4.78 is 19.0. The van der Waals surface area contributed by atoms with Crippen molar-refractivity contribution in [3.8, 4) is 0 Å². The van der Waals surface area contributed by atoms with E-state index in [4.69, 9.17) is 14.0 Å². The third-order valence-corrected chi connectivity index (χ3v) is 8.45. The molecule has 2 heterocycles. The van der Waals surface area contributed by atoms with Crippen LogP contribution in [0.4, 0.5) is 0 Å². The maximum absolute atomic E-state index is 12.2. The molecule has 1 atom stereocenters. The van der Waals surface area contributed by atoms with Crippen LogP contribution >= 0.6 is 0 Å². The molecule has 8 nitrogen and oxygen atoms in total. The number of amides is 2. The third kappa shape index (κ3) is 7.40. The lowest BCUT2D eigenvalue weighted by molar-refractivity contribution is -0.488. The molecule has 0 aliphatic carbocycles. The molecular formula is C35H46BN3O5. The maximum Gasteiger partial charge on any atom is 0.506 e. The third-order valence-electron chi connectivity index (χ3n) is 8.45. The fourth-order valence-electron chi connectivity index (χ4n) is 5.23. The van der Waals surface area contributed by atoms with Crippen molar-refractivity contribution in [1.29, 1.82) is 0 Å². The smallest absolute Gasteiger partial charge is 0.506 e. The van der Waals surface area contributed by atoms with Gasteiger partial charge in [-0.1, -0.05) is 82.3 Å². The van der Waals surface area contributed by atoms with E-state index >= 15 is 0 Å². The van der Waals surface area contributed by atoms with E-state index in [1.807, 2.05) is 80.6 Å². The van der Waals surface area contributed by atoms with E-state index in [-0.39, 0.29) is 23.7 Å². The molecule has 2 amide bonds. The SMILES string of the molecule is CC(C)C(NC(=O)c1ccccc1)NC(=O)c1ccccc1.CC(C)[C@H]1[NH+]=C(c2ccccc2)O[B-]12OC(C)(C)C(C)(C)O2. The van der Waals surface area contributed by atoms with Crippen LogP contribution in [-0.4, -0.2) is 47.8 Å². The lowest BCUT2D eigenvalue weighted by Gasteiger charge is -2.36. The van der Waals surface area contributed by atoms with Crippen molar-refractivity contribution in [2.24, 2.45) is 11.8 Å². The van der Waals surface area contributed by atoms with Crippen LogP contribution in [0.5, 0.6) is 0 Å². The molecule has 234 valence electrons. The Balaban J connectivity index is 0.000000201. The Morgan fingerprint density at radius 1 is 0.705 bits per heavy atom. The Morgan fingerprint density at radius 3 is 1.50 bits per heavy atom. The summed E-state index contributed by atoms with van der Waals surface area (Å²) in [6, 6.07) is 28.0. The van der Waals surface area contributed by atoms with Crippen LogP contribution in [0.3, 0.4) is 0 Å². The Bertz CT molecular complexity index is 1370. The number of benzene rings is 3. The quantitative estimate of drug-likeness (QED) is 0.275. The van der Waals surface area contributed by atoms with E-state index in [1.165, 1.54) is 0 Å². The van der Waals surface area contributed by atoms with Gasteiger partial charge in [0.1, 0.15) is 12.1 Å². The molecule has 0 aromatic heterocycles. The summed E-state index contributed by atoms with van der Waals surface area (Å²) in [5.74, 6) is 0.732. The van der Waals surface area contributed by atoms with E-state index in [2.05, 4.69) is 57.2 Å². The summed E-state index contributed by atoms with van der Waals surface area (Å²) in [5.41, 5.74) is 1.34. The van der Waals surface area contributed by atoms with Crippen LogP contribution in [0.1, 0.15) is 81.7 Å². The van der Waals surface area contributed by atoms with Crippen molar-refractivity contribution in [1.82, 2.24) is 10.6 Å². The van der Waals surface area contributed by atoms with Gasteiger partial charge < -0.3 is 24.6 Å². The molecule has 5 rings (SSSR count). The highest BCUT2D eigenvalue weighted by molar-refractivity contribution is 6.65. The van der Waals surface area contributed by atoms with Gasteiger partial charge in [0.25, 0.3) is 11.8 Å². The molecule has 3 aromatic carbocycles. The minimum Gasteiger partial charge on any atom is -0.617 e. The molecule has 3 aromatic rings. The Kier molecular flexibility index (Phi) is 10.0. The molecule has 0 radical (unpaired) electrons. The summed E-state index contributed by atoms with van der Waals surface area (Å²) >= 11 is 0. The van der Waals surface area contributed by atoms with Gasteiger partial charge >= 0.3 is 12.7 Å². The van der Waals surface area contributed by atoms with Crippen LogP contribution in [-0.2, 0) is 14.0 Å². The van der Waals surface area contributed by atoms with Crippen molar-refractivity contribution in [3.05, 3.63) is 108 Å². The topological polar surface area (TPSA) is 99.9 Å². The van der Waals surface area contributed by atoms with Crippen molar-refractivity contribution in [2.45, 2.75) is 78.7 Å². The zero-order valence-corrected chi connectivity index (χ0v) is 27.1. The van der Waals surface area contributed by atoms with E-state index in [1.54, 1.807) is 24.3 Å². The lowest BCUT2D eigenvalue weighted by Crippen LogP contribution is -2.83. The highest BCUT2D eigenvalue weighted by Crippen LogP contribution is 2.44. The molecule has 9 heteroatoms. The molecule has 2 aliphatic heterocycles. The van der Waals surface area contributed by atoms with Crippen LogP contribution in [0.25, 0.3) is 0 Å². The summed E-state index contributed by atoms with van der Waals surface area (Å²) in [7, 11) is 0. The standard InChI is InChI=1S/C18H20N2O2.C17H25BNO3/c1-13(2)16(19-17(21)14-9-5-3-6-10-14)20-18(22)15-11-7-4-8-12-15;1-12(2)14-18(21-16(3,4)17(5,6)22-18)20-15(19-14)13-10-8-7-9-11-13/h3-13,16H,1-2H3,(H,19,21)(H,20,22);7-12,14H,1-6H3/q;-1/p+1/t;14-/m.1/s1. The van der Waals surface area contributed by atoms with Gasteiger partial charge in [-0.15, -0.1) is 0 Å². The number of carbonyl (C=O) groups is 2. The first kappa shape index (κ1) is 33.0. The summed E-state index contributed by atoms with van der Waals surface area (Å²) in [6.07, 6.45) is -0.430. The summed E-state index contributed by atoms with van der Waals surface area (Å²) in [4.78, 5) is 27.9. The van der Waals surface area contributed by atoms with Gasteiger partial charge in [-0.2, -0.15) is 0 Å². The van der Waals surface area contributed by atoms with Gasteiger partial charge in [0.05, 0.1) is 5.56 Å². The average Bonchev–Trinajstić information content (AvgIpc) is 3.44.